The number of nitrogens with one attached hydrogen (secondary N) is 1. The van der Waals surface area contributed by atoms with Crippen molar-refractivity contribution in [2.45, 2.75) is 26.2 Å². The quantitative estimate of drug-likeness (QED) is 0.823. The van der Waals surface area contributed by atoms with Crippen molar-refractivity contribution in [1.82, 2.24) is 15.3 Å². The number of amides is 1. The van der Waals surface area contributed by atoms with Crippen molar-refractivity contribution >= 4 is 23.5 Å². The van der Waals surface area contributed by atoms with Gasteiger partial charge in [0.05, 0.1) is 13.0 Å². The molecule has 1 amide bonds. The van der Waals surface area contributed by atoms with Gasteiger partial charge in [-0.05, 0) is 43.9 Å². The molecule has 7 heteroatoms. The molecule has 1 aliphatic rings. The Morgan fingerprint density at radius 3 is 2.85 bits per heavy atom. The zero-order valence-electron chi connectivity index (χ0n) is 15.7. The van der Waals surface area contributed by atoms with Crippen LogP contribution in [0, 0.1) is 12.8 Å². The van der Waals surface area contributed by atoms with E-state index in [1.807, 2.05) is 31.2 Å². The minimum absolute atomic E-state index is 0.0564. The molecule has 2 heterocycles. The molecule has 0 aliphatic carbocycles. The number of ether oxygens (including phenoxy) is 1. The largest absolute Gasteiger partial charge is 0.481 e. The Kier molecular flexibility index (Phi) is 6.50. The number of hydrogen-bond acceptors (Lipinski definition) is 5. The molecule has 1 aliphatic heterocycles. The second-order valence-corrected chi connectivity index (χ2v) is 7.24. The van der Waals surface area contributed by atoms with Gasteiger partial charge in [-0.25, -0.2) is 4.98 Å². The van der Waals surface area contributed by atoms with Crippen molar-refractivity contribution in [2.24, 2.45) is 5.92 Å². The van der Waals surface area contributed by atoms with E-state index in [0.29, 0.717) is 24.9 Å². The van der Waals surface area contributed by atoms with Gasteiger partial charge in [0.25, 0.3) is 0 Å². The molecule has 1 saturated heterocycles. The lowest BCUT2D eigenvalue weighted by Crippen LogP contribution is -2.44. The van der Waals surface area contributed by atoms with Gasteiger partial charge in [-0.15, -0.1) is 0 Å². The zero-order valence-corrected chi connectivity index (χ0v) is 16.5. The van der Waals surface area contributed by atoms with Gasteiger partial charge >= 0.3 is 0 Å². The molecule has 3 rings (SSSR count). The van der Waals surface area contributed by atoms with E-state index in [0.717, 1.165) is 42.1 Å². The molecule has 1 unspecified atom stereocenters. The zero-order chi connectivity index (χ0) is 19.2. The van der Waals surface area contributed by atoms with Crippen LogP contribution in [0.3, 0.4) is 0 Å². The van der Waals surface area contributed by atoms with Gasteiger partial charge in [-0.3, -0.25) is 4.79 Å². The minimum atomic E-state index is -0.0564. The molecule has 144 valence electrons. The van der Waals surface area contributed by atoms with Crippen LogP contribution in [0.1, 0.15) is 24.1 Å². The molecule has 27 heavy (non-hydrogen) atoms. The number of hydrogen-bond donors (Lipinski definition) is 1. The minimum Gasteiger partial charge on any atom is -0.481 e. The third-order valence-electron chi connectivity index (χ3n) is 4.73. The summed E-state index contributed by atoms with van der Waals surface area (Å²) in [7, 11) is 1.60. The van der Waals surface area contributed by atoms with Crippen molar-refractivity contribution < 1.29 is 9.53 Å². The summed E-state index contributed by atoms with van der Waals surface area (Å²) in [5.74, 6) is 1.21. The topological polar surface area (TPSA) is 67.3 Å². The number of nitrogens with zero attached hydrogens (tertiary/aromatic N) is 3. The third-order valence-corrected chi connectivity index (χ3v) is 4.98. The molecule has 6 nitrogen and oxygen atoms in total. The van der Waals surface area contributed by atoms with Gasteiger partial charge in [-0.2, -0.15) is 4.98 Å². The number of aryl methyl sites for hydroxylation is 1. The van der Waals surface area contributed by atoms with Crippen molar-refractivity contribution in [2.75, 3.05) is 31.6 Å². The van der Waals surface area contributed by atoms with Crippen LogP contribution in [0.4, 0.5) is 5.95 Å². The van der Waals surface area contributed by atoms with Crippen molar-refractivity contribution in [1.29, 1.82) is 0 Å². The molecule has 0 saturated carbocycles. The van der Waals surface area contributed by atoms with E-state index < -0.39 is 0 Å². The highest BCUT2D eigenvalue weighted by atomic mass is 35.5. The van der Waals surface area contributed by atoms with E-state index in [-0.39, 0.29) is 11.8 Å². The Hall–Kier alpha value is -2.34. The maximum absolute atomic E-state index is 12.6. The number of carbonyl (C=O) groups excluding carboxylic acids is 1. The molecule has 1 atom stereocenters. The van der Waals surface area contributed by atoms with Crippen molar-refractivity contribution in [3.05, 3.63) is 46.6 Å². The molecule has 1 N–H and O–H groups in total. The molecular weight excluding hydrogens is 364 g/mol. The number of anilines is 1. The van der Waals surface area contributed by atoms with Gasteiger partial charge < -0.3 is 15.0 Å². The average Bonchev–Trinajstić information content (AvgIpc) is 2.69. The Labute approximate surface area is 164 Å². The van der Waals surface area contributed by atoms with Crippen LogP contribution in [0.2, 0.25) is 5.02 Å². The van der Waals surface area contributed by atoms with Crippen LogP contribution >= 0.6 is 11.6 Å². The molecule has 2 aromatic rings. The van der Waals surface area contributed by atoms with E-state index in [4.69, 9.17) is 16.3 Å². The molecule has 0 radical (unpaired) electrons. The average molecular weight is 389 g/mol. The normalized spacial score (nSPS) is 16.9. The lowest BCUT2D eigenvalue weighted by molar-refractivity contribution is -0.125. The first kappa shape index (κ1) is 19.4. The monoisotopic (exact) mass is 388 g/mol. The Balaban J connectivity index is 1.54. The SMILES string of the molecule is COc1cc(C)nc(N2CCCC(C(=O)NCCc3ccc(Cl)cc3)C2)n1. The summed E-state index contributed by atoms with van der Waals surface area (Å²) in [6.07, 6.45) is 2.61. The Morgan fingerprint density at radius 2 is 2.11 bits per heavy atom. The van der Waals surface area contributed by atoms with Crippen LogP contribution in [-0.4, -0.2) is 42.6 Å². The summed E-state index contributed by atoms with van der Waals surface area (Å²) in [4.78, 5) is 23.6. The van der Waals surface area contributed by atoms with Crippen LogP contribution in [0.5, 0.6) is 5.88 Å². The second-order valence-electron chi connectivity index (χ2n) is 6.80. The maximum Gasteiger partial charge on any atom is 0.228 e. The van der Waals surface area contributed by atoms with Crippen LogP contribution in [0.25, 0.3) is 0 Å². The number of benzene rings is 1. The van der Waals surface area contributed by atoms with Crippen LogP contribution in [-0.2, 0) is 11.2 Å². The molecule has 0 bridgehead atoms. The smallest absolute Gasteiger partial charge is 0.228 e. The first-order chi connectivity index (χ1) is 13.0. The highest BCUT2D eigenvalue weighted by Crippen LogP contribution is 2.22. The van der Waals surface area contributed by atoms with Gasteiger partial charge in [0, 0.05) is 36.4 Å². The Bertz CT molecular complexity index is 782. The lowest BCUT2D eigenvalue weighted by atomic mass is 9.97. The number of halogens is 1. The molecule has 0 spiro atoms. The third kappa shape index (κ3) is 5.32. The predicted molar refractivity (Wildman–Crippen MR) is 106 cm³/mol. The van der Waals surface area contributed by atoms with Gasteiger partial charge in [-0.1, -0.05) is 23.7 Å². The van der Waals surface area contributed by atoms with E-state index in [9.17, 15) is 4.79 Å². The Morgan fingerprint density at radius 1 is 1.33 bits per heavy atom. The summed E-state index contributed by atoms with van der Waals surface area (Å²) < 4.78 is 5.24. The fourth-order valence-corrected chi connectivity index (χ4v) is 3.39. The number of methoxy groups -OCH3 is 1. The molecule has 1 aromatic heterocycles. The number of piperidine rings is 1. The van der Waals surface area contributed by atoms with E-state index in [1.165, 1.54) is 0 Å². The summed E-state index contributed by atoms with van der Waals surface area (Å²) >= 11 is 5.90. The number of rotatable bonds is 6. The highest BCUT2D eigenvalue weighted by molar-refractivity contribution is 6.30. The molecule has 1 fully saturated rings. The summed E-state index contributed by atoms with van der Waals surface area (Å²) in [5, 5.41) is 3.78. The molecule has 1 aromatic carbocycles. The van der Waals surface area contributed by atoms with Crippen molar-refractivity contribution in [3.8, 4) is 5.88 Å². The molecular formula is C20H25ClN4O2. The summed E-state index contributed by atoms with van der Waals surface area (Å²) in [6, 6.07) is 9.51. The van der Waals surface area contributed by atoms with E-state index in [1.54, 1.807) is 13.2 Å². The fraction of sp³-hybridized carbons (Fsp3) is 0.450. The number of carbonyl (C=O) groups is 1. The van der Waals surface area contributed by atoms with Crippen LogP contribution in [0.15, 0.2) is 30.3 Å². The van der Waals surface area contributed by atoms with E-state index in [2.05, 4.69) is 20.2 Å². The number of aromatic nitrogens is 2. The fourth-order valence-electron chi connectivity index (χ4n) is 3.27. The lowest BCUT2D eigenvalue weighted by Gasteiger charge is -2.32. The second kappa shape index (κ2) is 9.04. The first-order valence-electron chi connectivity index (χ1n) is 9.22. The van der Waals surface area contributed by atoms with E-state index >= 15 is 0 Å². The highest BCUT2D eigenvalue weighted by Gasteiger charge is 2.27. The summed E-state index contributed by atoms with van der Waals surface area (Å²) in [5.41, 5.74) is 2.01. The van der Waals surface area contributed by atoms with Crippen LogP contribution < -0.4 is 15.0 Å². The summed E-state index contributed by atoms with van der Waals surface area (Å²) in [6.45, 7) is 4.00. The predicted octanol–water partition coefficient (Wildman–Crippen LogP) is 3.02. The van der Waals surface area contributed by atoms with Gasteiger partial charge in [0.1, 0.15) is 0 Å². The van der Waals surface area contributed by atoms with Crippen molar-refractivity contribution in [3.63, 3.8) is 0 Å². The van der Waals surface area contributed by atoms with Gasteiger partial charge in [0.2, 0.25) is 17.7 Å². The van der Waals surface area contributed by atoms with Gasteiger partial charge in [0.15, 0.2) is 0 Å². The standard InChI is InChI=1S/C20H25ClN4O2/c1-14-12-18(27-2)24-20(23-14)25-11-3-4-16(13-25)19(26)22-10-9-15-5-7-17(21)8-6-15/h5-8,12,16H,3-4,9-11,13H2,1-2H3,(H,22,26). The first-order valence-corrected chi connectivity index (χ1v) is 9.59. The maximum atomic E-state index is 12.6.